The summed E-state index contributed by atoms with van der Waals surface area (Å²) in [6, 6.07) is 12.7. The maximum Gasteiger partial charge on any atom is 0.414 e. The standard InChI is InChI=1S/C22H24ClFN4O2S/c1-25(15-31)13-17-14-28(22(29)30-17)16-6-7-21(19(24)12-16)27-10-8-26(9-11-27)20-5-3-2-4-18(20)23/h2-7,12,15,17H,8-11,13-14H2,1H3/t17-/m0/s1. The molecule has 4 rings (SSSR count). The van der Waals surface area contributed by atoms with Crippen LogP contribution in [0.1, 0.15) is 0 Å². The van der Waals surface area contributed by atoms with Gasteiger partial charge in [0.2, 0.25) is 0 Å². The lowest BCUT2D eigenvalue weighted by Gasteiger charge is -2.37. The smallest absolute Gasteiger partial charge is 0.414 e. The zero-order valence-electron chi connectivity index (χ0n) is 17.2. The van der Waals surface area contributed by atoms with Crippen LogP contribution in [0.4, 0.5) is 26.2 Å². The molecule has 6 nitrogen and oxygen atoms in total. The monoisotopic (exact) mass is 462 g/mol. The van der Waals surface area contributed by atoms with Crippen molar-refractivity contribution in [1.29, 1.82) is 0 Å². The summed E-state index contributed by atoms with van der Waals surface area (Å²) in [5, 5.41) is 0.721. The first-order chi connectivity index (χ1) is 15.0. The number of piperazine rings is 1. The topological polar surface area (TPSA) is 39.3 Å². The Kier molecular flexibility index (Phi) is 6.48. The van der Waals surface area contributed by atoms with Crippen molar-refractivity contribution in [2.24, 2.45) is 0 Å². The van der Waals surface area contributed by atoms with E-state index in [1.54, 1.807) is 17.0 Å². The van der Waals surface area contributed by atoms with Crippen molar-refractivity contribution in [3.8, 4) is 0 Å². The van der Waals surface area contributed by atoms with Crippen LogP contribution in [0.25, 0.3) is 0 Å². The van der Waals surface area contributed by atoms with Crippen LogP contribution in [0.15, 0.2) is 42.5 Å². The molecule has 31 heavy (non-hydrogen) atoms. The van der Waals surface area contributed by atoms with E-state index < -0.39 is 6.09 Å². The molecule has 0 aliphatic carbocycles. The summed E-state index contributed by atoms with van der Waals surface area (Å²) in [7, 11) is 1.82. The molecule has 1 amide bonds. The van der Waals surface area contributed by atoms with Crippen LogP contribution in [0.5, 0.6) is 0 Å². The van der Waals surface area contributed by atoms with Gasteiger partial charge in [0.1, 0.15) is 11.9 Å². The Morgan fingerprint density at radius 2 is 1.84 bits per heavy atom. The number of para-hydroxylation sites is 1. The van der Waals surface area contributed by atoms with E-state index in [0.717, 1.165) is 23.8 Å². The molecule has 9 heteroatoms. The summed E-state index contributed by atoms with van der Waals surface area (Å²) in [6.45, 7) is 3.72. The summed E-state index contributed by atoms with van der Waals surface area (Å²) in [4.78, 5) is 19.7. The van der Waals surface area contributed by atoms with Crippen LogP contribution < -0.4 is 14.7 Å². The summed E-state index contributed by atoms with van der Waals surface area (Å²) in [6.07, 6.45) is -0.777. The largest absolute Gasteiger partial charge is 0.442 e. The maximum atomic E-state index is 15.0. The van der Waals surface area contributed by atoms with Gasteiger partial charge in [0.05, 0.1) is 40.7 Å². The van der Waals surface area contributed by atoms with E-state index in [1.165, 1.54) is 16.5 Å². The number of benzene rings is 2. The van der Waals surface area contributed by atoms with Crippen LogP contribution in [-0.4, -0.2) is 68.9 Å². The SMILES string of the molecule is CN(C=S)C[C@H]1CN(c2ccc(N3CCN(c4ccccc4Cl)CC3)c(F)c2)C(=O)O1. The van der Waals surface area contributed by atoms with E-state index in [-0.39, 0.29) is 11.9 Å². The van der Waals surface area contributed by atoms with E-state index in [0.29, 0.717) is 37.6 Å². The van der Waals surface area contributed by atoms with Crippen LogP contribution in [0.2, 0.25) is 5.02 Å². The summed E-state index contributed by atoms with van der Waals surface area (Å²) in [5.74, 6) is -0.351. The number of rotatable bonds is 6. The summed E-state index contributed by atoms with van der Waals surface area (Å²) in [5.41, 5.74) is 3.54. The Morgan fingerprint density at radius 1 is 1.16 bits per heavy atom. The van der Waals surface area contributed by atoms with E-state index >= 15 is 0 Å². The number of cyclic esters (lactones) is 1. The number of ether oxygens (including phenoxy) is 1. The van der Waals surface area contributed by atoms with Crippen LogP contribution in [-0.2, 0) is 4.74 Å². The molecule has 2 saturated heterocycles. The zero-order chi connectivity index (χ0) is 22.0. The van der Waals surface area contributed by atoms with Gasteiger partial charge in [-0.3, -0.25) is 4.90 Å². The highest BCUT2D eigenvalue weighted by Gasteiger charge is 2.33. The quantitative estimate of drug-likeness (QED) is 0.604. The van der Waals surface area contributed by atoms with Crippen molar-refractivity contribution in [1.82, 2.24) is 4.90 Å². The molecule has 2 aromatic rings. The van der Waals surface area contributed by atoms with Crippen LogP contribution in [0, 0.1) is 5.82 Å². The number of hydrogen-bond donors (Lipinski definition) is 0. The Labute approximate surface area is 191 Å². The third-order valence-electron chi connectivity index (χ3n) is 5.60. The maximum absolute atomic E-state index is 15.0. The van der Waals surface area contributed by atoms with Crippen LogP contribution >= 0.6 is 23.8 Å². The molecule has 0 N–H and O–H groups in total. The summed E-state index contributed by atoms with van der Waals surface area (Å²) >= 11 is 11.2. The van der Waals surface area contributed by atoms with Crippen molar-refractivity contribution in [3.63, 3.8) is 0 Å². The fourth-order valence-electron chi connectivity index (χ4n) is 4.01. The van der Waals surface area contributed by atoms with Crippen molar-refractivity contribution in [2.75, 3.05) is 61.0 Å². The first kappa shape index (κ1) is 21.6. The lowest BCUT2D eigenvalue weighted by molar-refractivity contribution is 0.131. The number of thiocarbonyl (C=S) groups is 1. The van der Waals surface area contributed by atoms with Crippen molar-refractivity contribution >= 4 is 52.5 Å². The first-order valence-electron chi connectivity index (χ1n) is 10.1. The predicted octanol–water partition coefficient (Wildman–Crippen LogP) is 4.02. The molecule has 2 aliphatic heterocycles. The number of likely N-dealkylation sites (N-methyl/N-ethyl adjacent to an activating group) is 1. The number of nitrogens with zero attached hydrogens (tertiary/aromatic N) is 4. The lowest BCUT2D eigenvalue weighted by Crippen LogP contribution is -2.47. The minimum absolute atomic E-state index is 0.308. The molecule has 0 unspecified atom stereocenters. The van der Waals surface area contributed by atoms with Crippen molar-refractivity contribution in [2.45, 2.75) is 6.10 Å². The van der Waals surface area contributed by atoms with Gasteiger partial charge in [0.15, 0.2) is 0 Å². The lowest BCUT2D eigenvalue weighted by atomic mass is 10.2. The number of hydrogen-bond acceptors (Lipinski definition) is 5. The highest BCUT2D eigenvalue weighted by molar-refractivity contribution is 7.78. The Morgan fingerprint density at radius 3 is 2.48 bits per heavy atom. The van der Waals surface area contributed by atoms with Gasteiger partial charge in [0.25, 0.3) is 0 Å². The second-order valence-electron chi connectivity index (χ2n) is 7.72. The second kappa shape index (κ2) is 9.28. The number of anilines is 3. The Balaban J connectivity index is 1.41. The third kappa shape index (κ3) is 4.70. The Hall–Kier alpha value is -2.58. The highest BCUT2D eigenvalue weighted by atomic mass is 35.5. The van der Waals surface area contributed by atoms with Gasteiger partial charge in [-0.1, -0.05) is 36.0 Å². The van der Waals surface area contributed by atoms with Gasteiger partial charge >= 0.3 is 6.09 Å². The van der Waals surface area contributed by atoms with E-state index in [9.17, 15) is 9.18 Å². The molecule has 164 valence electrons. The first-order valence-corrected chi connectivity index (χ1v) is 11.0. The number of halogens is 2. The molecule has 2 fully saturated rings. The molecular weight excluding hydrogens is 439 g/mol. The number of carbonyl (C=O) groups excluding carboxylic acids is 1. The molecule has 0 spiro atoms. The van der Waals surface area contributed by atoms with Gasteiger partial charge in [0, 0.05) is 33.2 Å². The van der Waals surface area contributed by atoms with E-state index in [1.807, 2.05) is 36.2 Å². The van der Waals surface area contributed by atoms with Gasteiger partial charge in [-0.25, -0.2) is 9.18 Å². The normalized spacial score (nSPS) is 18.9. The summed E-state index contributed by atoms with van der Waals surface area (Å²) < 4.78 is 20.4. The molecule has 2 aromatic carbocycles. The number of amides is 1. The molecule has 0 bridgehead atoms. The van der Waals surface area contributed by atoms with Gasteiger partial charge in [-0.05, 0) is 30.3 Å². The molecule has 2 heterocycles. The van der Waals surface area contributed by atoms with Gasteiger partial charge < -0.3 is 19.4 Å². The average molecular weight is 463 g/mol. The van der Waals surface area contributed by atoms with E-state index in [4.69, 9.17) is 28.6 Å². The molecule has 1 atom stereocenters. The second-order valence-corrected chi connectivity index (χ2v) is 8.34. The fourth-order valence-corrected chi connectivity index (χ4v) is 4.35. The molecule has 0 radical (unpaired) electrons. The van der Waals surface area contributed by atoms with Gasteiger partial charge in [-0.2, -0.15) is 0 Å². The third-order valence-corrected chi connectivity index (χ3v) is 6.28. The molecule has 0 aromatic heterocycles. The minimum atomic E-state index is -0.469. The Bertz CT molecular complexity index is 970. The fraction of sp³-hybridized carbons (Fsp3) is 0.364. The minimum Gasteiger partial charge on any atom is -0.442 e. The average Bonchev–Trinajstić information content (AvgIpc) is 3.14. The molecule has 0 saturated carbocycles. The highest BCUT2D eigenvalue weighted by Crippen LogP contribution is 2.30. The van der Waals surface area contributed by atoms with Crippen molar-refractivity contribution in [3.05, 3.63) is 53.3 Å². The van der Waals surface area contributed by atoms with E-state index in [2.05, 4.69) is 4.90 Å². The molecular formula is C22H24ClFN4O2S. The van der Waals surface area contributed by atoms with Gasteiger partial charge in [-0.15, -0.1) is 0 Å². The zero-order valence-corrected chi connectivity index (χ0v) is 18.8. The molecule has 2 aliphatic rings. The van der Waals surface area contributed by atoms with Crippen molar-refractivity contribution < 1.29 is 13.9 Å². The number of carbonyl (C=O) groups is 1. The van der Waals surface area contributed by atoms with Crippen LogP contribution in [0.3, 0.4) is 0 Å². The predicted molar refractivity (Wildman–Crippen MR) is 126 cm³/mol.